The van der Waals surface area contributed by atoms with Crippen LogP contribution in [-0.4, -0.2) is 37.9 Å². The molecule has 9 nitrogen and oxygen atoms in total. The second-order valence-corrected chi connectivity index (χ2v) is 7.03. The Kier molecular flexibility index (Phi) is 5.88. The molecule has 1 aromatic carbocycles. The van der Waals surface area contributed by atoms with Gasteiger partial charge in [-0.05, 0) is 31.0 Å². The van der Waals surface area contributed by atoms with E-state index in [0.717, 1.165) is 5.39 Å². The highest BCUT2D eigenvalue weighted by Gasteiger charge is 2.24. The number of aliphatic imine (C=N–C) groups is 1. The number of hydrogen-bond donors (Lipinski definition) is 4. The number of carbonyl (C=O) groups is 1. The SMILES string of the molecule is NC(=O)[C@H](CCCN=C(N)N)NS(=O)(=O)c1ccc2ccccc2n1. The third-order valence-corrected chi connectivity index (χ3v) is 4.81. The van der Waals surface area contributed by atoms with E-state index >= 15 is 0 Å². The van der Waals surface area contributed by atoms with E-state index < -0.39 is 22.0 Å². The molecule has 2 aromatic rings. The molecule has 0 aliphatic rings. The number of nitrogens with two attached hydrogens (primary N) is 3. The number of hydrogen-bond acceptors (Lipinski definition) is 5. The van der Waals surface area contributed by atoms with Crippen LogP contribution in [-0.2, 0) is 14.8 Å². The van der Waals surface area contributed by atoms with Crippen LogP contribution >= 0.6 is 0 Å². The Bertz CT molecular complexity index is 893. The van der Waals surface area contributed by atoms with Crippen LogP contribution in [0.4, 0.5) is 0 Å². The number of aromatic nitrogens is 1. The van der Waals surface area contributed by atoms with Crippen molar-refractivity contribution in [1.29, 1.82) is 0 Å². The van der Waals surface area contributed by atoms with E-state index in [1.165, 1.54) is 6.07 Å². The Hall–Kier alpha value is -2.72. The van der Waals surface area contributed by atoms with Gasteiger partial charge in [-0.2, -0.15) is 4.72 Å². The van der Waals surface area contributed by atoms with Crippen molar-refractivity contribution in [2.24, 2.45) is 22.2 Å². The first-order valence-electron chi connectivity index (χ1n) is 7.52. The van der Waals surface area contributed by atoms with Crippen molar-refractivity contribution in [3.63, 3.8) is 0 Å². The number of benzene rings is 1. The lowest BCUT2D eigenvalue weighted by Gasteiger charge is -2.15. The maximum Gasteiger partial charge on any atom is 0.258 e. The predicted octanol–water partition coefficient (Wildman–Crippen LogP) is -0.579. The molecular formula is C15H20N6O3S. The van der Waals surface area contributed by atoms with Gasteiger partial charge in [-0.1, -0.05) is 18.2 Å². The number of primary amides is 1. The molecule has 1 atom stereocenters. The van der Waals surface area contributed by atoms with Crippen LogP contribution in [0.5, 0.6) is 0 Å². The maximum atomic E-state index is 12.5. The molecule has 134 valence electrons. The van der Waals surface area contributed by atoms with Crippen LogP contribution < -0.4 is 21.9 Å². The number of guanidine groups is 1. The number of fused-ring (bicyclic) bond motifs is 1. The minimum Gasteiger partial charge on any atom is -0.370 e. The van der Waals surface area contributed by atoms with Crippen LogP contribution in [0.15, 0.2) is 46.4 Å². The lowest BCUT2D eigenvalue weighted by Crippen LogP contribution is -2.44. The molecule has 7 N–H and O–H groups in total. The second-order valence-electron chi connectivity index (χ2n) is 5.37. The molecule has 0 radical (unpaired) electrons. The summed E-state index contributed by atoms with van der Waals surface area (Å²) in [6, 6.07) is 9.06. The first-order chi connectivity index (χ1) is 11.8. The predicted molar refractivity (Wildman–Crippen MR) is 95.0 cm³/mol. The standard InChI is InChI=1S/C15H20N6O3S/c16-14(22)12(6-3-9-19-15(17)18)21-25(23,24)13-8-7-10-4-1-2-5-11(10)20-13/h1-2,4-5,7-8,12,21H,3,6,9H2,(H2,16,22)(H4,17,18,19)/t12-/m0/s1. The van der Waals surface area contributed by atoms with E-state index in [-0.39, 0.29) is 24.0 Å². The van der Waals surface area contributed by atoms with E-state index in [1.54, 1.807) is 18.2 Å². The summed E-state index contributed by atoms with van der Waals surface area (Å²) in [6.07, 6.45) is 0.554. The van der Waals surface area contributed by atoms with Gasteiger partial charge in [0.05, 0.1) is 5.52 Å². The zero-order valence-electron chi connectivity index (χ0n) is 13.4. The number of carbonyl (C=O) groups excluding carboxylic acids is 1. The largest absolute Gasteiger partial charge is 0.370 e. The molecule has 2 rings (SSSR count). The molecule has 0 unspecified atom stereocenters. The zero-order chi connectivity index (χ0) is 18.4. The summed E-state index contributed by atoms with van der Waals surface area (Å²) in [5.41, 5.74) is 16.2. The fourth-order valence-corrected chi connectivity index (χ4v) is 3.40. The summed E-state index contributed by atoms with van der Waals surface area (Å²) in [4.78, 5) is 19.4. The van der Waals surface area contributed by atoms with Crippen molar-refractivity contribution < 1.29 is 13.2 Å². The minimum atomic E-state index is -4.00. The Labute approximate surface area is 145 Å². The zero-order valence-corrected chi connectivity index (χ0v) is 14.2. The normalized spacial score (nSPS) is 12.6. The highest BCUT2D eigenvalue weighted by atomic mass is 32.2. The van der Waals surface area contributed by atoms with Crippen molar-refractivity contribution in [3.05, 3.63) is 36.4 Å². The first kappa shape index (κ1) is 18.6. The molecule has 0 spiro atoms. The van der Waals surface area contributed by atoms with Gasteiger partial charge in [0.2, 0.25) is 5.91 Å². The highest BCUT2D eigenvalue weighted by Crippen LogP contribution is 2.15. The molecule has 0 fully saturated rings. The molecule has 1 heterocycles. The van der Waals surface area contributed by atoms with Gasteiger partial charge in [-0.25, -0.2) is 13.4 Å². The number of para-hydroxylation sites is 1. The summed E-state index contributed by atoms with van der Waals surface area (Å²) in [5.74, 6) is -0.856. The van der Waals surface area contributed by atoms with Crippen molar-refractivity contribution in [2.75, 3.05) is 6.54 Å². The summed E-state index contributed by atoms with van der Waals surface area (Å²) in [6.45, 7) is 0.266. The third kappa shape index (κ3) is 5.13. The lowest BCUT2D eigenvalue weighted by atomic mass is 10.1. The third-order valence-electron chi connectivity index (χ3n) is 3.43. The molecule has 1 aromatic heterocycles. The smallest absolute Gasteiger partial charge is 0.258 e. The quantitative estimate of drug-likeness (QED) is 0.278. The summed E-state index contributed by atoms with van der Waals surface area (Å²) in [5, 5.41) is 0.631. The van der Waals surface area contributed by atoms with Gasteiger partial charge in [0.15, 0.2) is 11.0 Å². The van der Waals surface area contributed by atoms with Crippen LogP contribution in [0.3, 0.4) is 0 Å². The Morgan fingerprint density at radius 3 is 2.56 bits per heavy atom. The topological polar surface area (TPSA) is 167 Å². The molecule has 0 aliphatic heterocycles. The Morgan fingerprint density at radius 2 is 1.88 bits per heavy atom. The maximum absolute atomic E-state index is 12.5. The highest BCUT2D eigenvalue weighted by molar-refractivity contribution is 7.89. The van der Waals surface area contributed by atoms with Crippen molar-refractivity contribution in [1.82, 2.24) is 9.71 Å². The van der Waals surface area contributed by atoms with Gasteiger partial charge in [-0.3, -0.25) is 9.79 Å². The number of pyridine rings is 1. The van der Waals surface area contributed by atoms with Gasteiger partial charge in [0, 0.05) is 11.9 Å². The molecule has 0 saturated heterocycles. The van der Waals surface area contributed by atoms with Gasteiger partial charge in [0.1, 0.15) is 6.04 Å². The fourth-order valence-electron chi connectivity index (χ4n) is 2.21. The van der Waals surface area contributed by atoms with Crippen molar-refractivity contribution >= 4 is 32.8 Å². The molecule has 1 amide bonds. The van der Waals surface area contributed by atoms with Crippen LogP contribution in [0.1, 0.15) is 12.8 Å². The number of rotatable bonds is 8. The fraction of sp³-hybridized carbons (Fsp3) is 0.267. The number of sulfonamides is 1. The van der Waals surface area contributed by atoms with Crippen LogP contribution in [0.2, 0.25) is 0 Å². The monoisotopic (exact) mass is 364 g/mol. The molecule has 0 saturated carbocycles. The van der Waals surface area contributed by atoms with E-state index in [4.69, 9.17) is 17.2 Å². The number of nitrogens with zero attached hydrogens (tertiary/aromatic N) is 2. The summed E-state index contributed by atoms with van der Waals surface area (Å²) in [7, 11) is -4.00. The van der Waals surface area contributed by atoms with E-state index in [9.17, 15) is 13.2 Å². The minimum absolute atomic E-state index is 0.0726. The molecule has 25 heavy (non-hydrogen) atoms. The van der Waals surface area contributed by atoms with Gasteiger partial charge in [-0.15, -0.1) is 0 Å². The molecule has 10 heteroatoms. The second kappa shape index (κ2) is 7.90. The number of amides is 1. The van der Waals surface area contributed by atoms with Gasteiger partial charge in [0.25, 0.3) is 10.0 Å². The van der Waals surface area contributed by atoms with Crippen molar-refractivity contribution in [3.8, 4) is 0 Å². The number of nitrogens with one attached hydrogen (secondary N) is 1. The summed E-state index contributed by atoms with van der Waals surface area (Å²) >= 11 is 0. The van der Waals surface area contributed by atoms with Crippen LogP contribution in [0.25, 0.3) is 10.9 Å². The van der Waals surface area contributed by atoms with Gasteiger partial charge >= 0.3 is 0 Å². The Balaban J connectivity index is 2.15. The molecule has 0 bridgehead atoms. The Morgan fingerprint density at radius 1 is 1.16 bits per heavy atom. The molecule has 0 aliphatic carbocycles. The average molecular weight is 364 g/mol. The molecular weight excluding hydrogens is 344 g/mol. The van der Waals surface area contributed by atoms with E-state index in [0.29, 0.717) is 11.9 Å². The van der Waals surface area contributed by atoms with Gasteiger partial charge < -0.3 is 17.2 Å². The van der Waals surface area contributed by atoms with Crippen molar-refractivity contribution in [2.45, 2.75) is 23.9 Å². The first-order valence-corrected chi connectivity index (χ1v) is 9.01. The van der Waals surface area contributed by atoms with E-state index in [2.05, 4.69) is 14.7 Å². The average Bonchev–Trinajstić information content (AvgIpc) is 2.56. The van der Waals surface area contributed by atoms with Crippen LogP contribution in [0, 0.1) is 0 Å². The lowest BCUT2D eigenvalue weighted by molar-refractivity contribution is -0.119. The van der Waals surface area contributed by atoms with E-state index in [1.807, 2.05) is 12.1 Å². The summed E-state index contributed by atoms with van der Waals surface area (Å²) < 4.78 is 27.3.